The standard InChI is InChI=1S/C25H25N5O4S2/c1-17-3-8-22-19(15-17)9-11-29(22)18(2)24(32)28-12-13-30(23(31)16-28)20-4-6-21(7-5-20)36(33,34)27-25-26-10-14-35-25/h3-11,14-15,18H,12-13,16H2,1-2H3,(H,26,27). The molecule has 1 aliphatic rings. The quantitative estimate of drug-likeness (QED) is 0.416. The average Bonchev–Trinajstić information content (AvgIpc) is 3.52. The predicted octanol–water partition coefficient (Wildman–Crippen LogP) is 3.64. The first-order valence-electron chi connectivity index (χ1n) is 11.4. The van der Waals surface area contributed by atoms with Crippen LogP contribution in [0.3, 0.4) is 0 Å². The Morgan fingerprint density at radius 1 is 1.11 bits per heavy atom. The average molecular weight is 524 g/mol. The van der Waals surface area contributed by atoms with Gasteiger partial charge in [0.1, 0.15) is 12.6 Å². The molecule has 3 heterocycles. The van der Waals surface area contributed by atoms with Crippen molar-refractivity contribution in [2.45, 2.75) is 24.8 Å². The van der Waals surface area contributed by atoms with Crippen molar-refractivity contribution in [3.63, 3.8) is 0 Å². The van der Waals surface area contributed by atoms with E-state index in [0.29, 0.717) is 18.8 Å². The van der Waals surface area contributed by atoms with E-state index in [1.807, 2.05) is 42.8 Å². The largest absolute Gasteiger partial charge is 0.335 e. The molecule has 11 heteroatoms. The molecule has 1 aliphatic heterocycles. The Bertz CT molecular complexity index is 1530. The minimum Gasteiger partial charge on any atom is -0.335 e. The second kappa shape index (κ2) is 9.40. The van der Waals surface area contributed by atoms with Crippen LogP contribution >= 0.6 is 11.3 Å². The summed E-state index contributed by atoms with van der Waals surface area (Å²) in [4.78, 5) is 33.4. The number of fused-ring (bicyclic) bond motifs is 1. The number of sulfonamides is 1. The lowest BCUT2D eigenvalue weighted by molar-refractivity contribution is -0.139. The minimum absolute atomic E-state index is 0.0346. The third kappa shape index (κ3) is 4.59. The Morgan fingerprint density at radius 3 is 2.58 bits per heavy atom. The number of rotatable bonds is 6. The molecule has 0 spiro atoms. The van der Waals surface area contributed by atoms with Gasteiger partial charge in [0.25, 0.3) is 10.0 Å². The van der Waals surface area contributed by atoms with Crippen LogP contribution in [0.1, 0.15) is 18.5 Å². The van der Waals surface area contributed by atoms with Gasteiger partial charge in [0.2, 0.25) is 11.8 Å². The molecule has 4 aromatic rings. The summed E-state index contributed by atoms with van der Waals surface area (Å²) in [6, 6.07) is 13.8. The maximum atomic E-state index is 13.2. The SMILES string of the molecule is Cc1ccc2c(ccn2C(C)C(=O)N2CCN(c3ccc(S(=O)(=O)Nc4nccs4)cc3)C(=O)C2)c1. The van der Waals surface area contributed by atoms with E-state index in [2.05, 4.69) is 15.8 Å². The van der Waals surface area contributed by atoms with Crippen LogP contribution in [-0.4, -0.2) is 54.3 Å². The number of thiazole rings is 1. The van der Waals surface area contributed by atoms with E-state index in [9.17, 15) is 18.0 Å². The number of nitrogens with one attached hydrogen (secondary N) is 1. The van der Waals surface area contributed by atoms with Crippen molar-refractivity contribution in [2.75, 3.05) is 29.3 Å². The fourth-order valence-electron chi connectivity index (χ4n) is 4.39. The topological polar surface area (TPSA) is 105 Å². The molecule has 1 atom stereocenters. The normalized spacial score (nSPS) is 15.3. The number of hydrogen-bond donors (Lipinski definition) is 1. The number of hydrogen-bond acceptors (Lipinski definition) is 6. The van der Waals surface area contributed by atoms with E-state index in [1.54, 1.807) is 27.3 Å². The second-order valence-corrected chi connectivity index (χ2v) is 11.3. The molecule has 186 valence electrons. The molecule has 0 radical (unpaired) electrons. The van der Waals surface area contributed by atoms with Crippen LogP contribution in [0.4, 0.5) is 10.8 Å². The third-order valence-corrected chi connectivity index (χ3v) is 8.47. The van der Waals surface area contributed by atoms with Crippen LogP contribution < -0.4 is 9.62 Å². The van der Waals surface area contributed by atoms with Gasteiger partial charge in [-0.05, 0) is 61.7 Å². The fourth-order valence-corrected chi connectivity index (χ4v) is 6.18. The van der Waals surface area contributed by atoms with E-state index in [0.717, 1.165) is 16.5 Å². The number of anilines is 2. The molecule has 2 amide bonds. The van der Waals surface area contributed by atoms with Gasteiger partial charge in [0.05, 0.1) is 4.90 Å². The monoisotopic (exact) mass is 523 g/mol. The van der Waals surface area contributed by atoms with Gasteiger partial charge < -0.3 is 14.4 Å². The Balaban J connectivity index is 1.26. The number of amides is 2. The van der Waals surface area contributed by atoms with Crippen molar-refractivity contribution in [2.24, 2.45) is 0 Å². The highest BCUT2D eigenvalue weighted by Crippen LogP contribution is 2.25. The number of aryl methyl sites for hydroxylation is 1. The van der Waals surface area contributed by atoms with Crippen molar-refractivity contribution >= 4 is 54.9 Å². The summed E-state index contributed by atoms with van der Waals surface area (Å²) in [6.45, 7) is 4.55. The Hall–Kier alpha value is -3.70. The highest BCUT2D eigenvalue weighted by Gasteiger charge is 2.31. The van der Waals surface area contributed by atoms with Crippen LogP contribution in [0.5, 0.6) is 0 Å². The number of aromatic nitrogens is 2. The van der Waals surface area contributed by atoms with Crippen molar-refractivity contribution in [1.82, 2.24) is 14.5 Å². The molecule has 0 saturated carbocycles. The Kier molecular flexibility index (Phi) is 6.27. The summed E-state index contributed by atoms with van der Waals surface area (Å²) in [7, 11) is -3.77. The van der Waals surface area contributed by atoms with E-state index in [-0.39, 0.29) is 28.4 Å². The first-order chi connectivity index (χ1) is 17.2. The van der Waals surface area contributed by atoms with Gasteiger partial charge in [-0.2, -0.15) is 0 Å². The molecule has 0 bridgehead atoms. The molecule has 1 unspecified atom stereocenters. The van der Waals surface area contributed by atoms with Gasteiger partial charge >= 0.3 is 0 Å². The number of benzene rings is 2. The molecule has 1 fully saturated rings. The minimum atomic E-state index is -3.77. The van der Waals surface area contributed by atoms with Crippen molar-refractivity contribution in [1.29, 1.82) is 0 Å². The zero-order chi connectivity index (χ0) is 25.4. The zero-order valence-corrected chi connectivity index (χ0v) is 21.4. The molecular formula is C25H25N5O4S2. The molecule has 1 saturated heterocycles. The number of nitrogens with zero attached hydrogens (tertiary/aromatic N) is 4. The fraction of sp³-hybridized carbons (Fsp3) is 0.240. The highest BCUT2D eigenvalue weighted by molar-refractivity contribution is 7.93. The summed E-state index contributed by atoms with van der Waals surface area (Å²) in [5.74, 6) is -0.331. The van der Waals surface area contributed by atoms with Crippen LogP contribution in [0, 0.1) is 6.92 Å². The van der Waals surface area contributed by atoms with E-state index in [4.69, 9.17) is 0 Å². The van der Waals surface area contributed by atoms with Gasteiger partial charge in [0.15, 0.2) is 5.13 Å². The molecule has 5 rings (SSSR count). The number of carbonyl (C=O) groups excluding carboxylic acids is 2. The van der Waals surface area contributed by atoms with Crippen LogP contribution in [0.2, 0.25) is 0 Å². The third-order valence-electron chi connectivity index (χ3n) is 6.30. The lowest BCUT2D eigenvalue weighted by Gasteiger charge is -2.35. The van der Waals surface area contributed by atoms with Gasteiger partial charge in [-0.15, -0.1) is 11.3 Å². The van der Waals surface area contributed by atoms with Crippen LogP contribution in [0.15, 0.2) is 71.2 Å². The zero-order valence-electron chi connectivity index (χ0n) is 19.8. The summed E-state index contributed by atoms with van der Waals surface area (Å²) in [5, 5.41) is 3.04. The highest BCUT2D eigenvalue weighted by atomic mass is 32.2. The molecule has 9 nitrogen and oxygen atoms in total. The van der Waals surface area contributed by atoms with Crippen molar-refractivity contribution < 1.29 is 18.0 Å². The summed E-state index contributed by atoms with van der Waals surface area (Å²) in [6.07, 6.45) is 3.42. The molecule has 36 heavy (non-hydrogen) atoms. The second-order valence-electron chi connectivity index (χ2n) is 8.70. The first-order valence-corrected chi connectivity index (χ1v) is 13.8. The summed E-state index contributed by atoms with van der Waals surface area (Å²) in [5.41, 5.74) is 2.72. The predicted molar refractivity (Wildman–Crippen MR) is 140 cm³/mol. The van der Waals surface area contributed by atoms with Gasteiger partial charge in [-0.25, -0.2) is 13.4 Å². The van der Waals surface area contributed by atoms with Gasteiger partial charge in [-0.3, -0.25) is 14.3 Å². The Morgan fingerprint density at radius 2 is 1.89 bits per heavy atom. The van der Waals surface area contributed by atoms with Crippen molar-refractivity contribution in [3.8, 4) is 0 Å². The first kappa shape index (κ1) is 24.0. The number of piperazine rings is 1. The van der Waals surface area contributed by atoms with Gasteiger partial charge in [-0.1, -0.05) is 11.6 Å². The lowest BCUT2D eigenvalue weighted by Crippen LogP contribution is -2.53. The molecule has 1 N–H and O–H groups in total. The maximum Gasteiger partial charge on any atom is 0.263 e. The van der Waals surface area contributed by atoms with Crippen LogP contribution in [-0.2, 0) is 19.6 Å². The molecule has 2 aromatic carbocycles. The van der Waals surface area contributed by atoms with Crippen molar-refractivity contribution in [3.05, 3.63) is 71.9 Å². The smallest absolute Gasteiger partial charge is 0.263 e. The summed E-state index contributed by atoms with van der Waals surface area (Å²) < 4.78 is 29.5. The molecular weight excluding hydrogens is 498 g/mol. The molecule has 2 aromatic heterocycles. The Labute approximate surface area is 213 Å². The number of carbonyl (C=O) groups is 2. The van der Waals surface area contributed by atoms with Crippen LogP contribution in [0.25, 0.3) is 10.9 Å². The van der Waals surface area contributed by atoms with E-state index >= 15 is 0 Å². The lowest BCUT2D eigenvalue weighted by atomic mass is 10.1. The molecule has 0 aliphatic carbocycles. The van der Waals surface area contributed by atoms with E-state index in [1.165, 1.54) is 29.7 Å². The van der Waals surface area contributed by atoms with E-state index < -0.39 is 16.1 Å². The summed E-state index contributed by atoms with van der Waals surface area (Å²) >= 11 is 1.19. The van der Waals surface area contributed by atoms with Gasteiger partial charge in [0, 0.05) is 42.1 Å². The maximum absolute atomic E-state index is 13.2.